The molecule has 0 saturated heterocycles. The highest BCUT2D eigenvalue weighted by Gasteiger charge is 2.36. The summed E-state index contributed by atoms with van der Waals surface area (Å²) in [5.74, 6) is 0. The van der Waals surface area contributed by atoms with Crippen LogP contribution in [0, 0.1) is 0 Å². The fourth-order valence-electron chi connectivity index (χ4n) is 8.55. The van der Waals surface area contributed by atoms with Gasteiger partial charge in [-0.15, -0.1) is 11.3 Å². The number of para-hydroxylation sites is 1. The van der Waals surface area contributed by atoms with Crippen LogP contribution in [0.4, 0.5) is 17.1 Å². The summed E-state index contributed by atoms with van der Waals surface area (Å²) in [4.78, 5) is 2.47. The van der Waals surface area contributed by atoms with Crippen LogP contribution in [0.1, 0.15) is 25.0 Å². The number of benzene rings is 8. The molecule has 0 amide bonds. The number of anilines is 3. The van der Waals surface area contributed by atoms with Gasteiger partial charge in [0.25, 0.3) is 0 Å². The third kappa shape index (κ3) is 5.13. The Labute approximate surface area is 315 Å². The molecule has 9 aromatic rings. The van der Waals surface area contributed by atoms with Gasteiger partial charge in [-0.25, -0.2) is 0 Å². The third-order valence-electron chi connectivity index (χ3n) is 11.1. The van der Waals surface area contributed by atoms with Crippen LogP contribution in [-0.2, 0) is 5.41 Å². The third-order valence-corrected chi connectivity index (χ3v) is 12.2. The number of rotatable bonds is 6. The molecule has 1 nitrogen and oxygen atoms in total. The van der Waals surface area contributed by atoms with Crippen molar-refractivity contribution < 1.29 is 0 Å². The topological polar surface area (TPSA) is 3.24 Å². The zero-order chi connectivity index (χ0) is 35.5. The van der Waals surface area contributed by atoms with Gasteiger partial charge in [-0.2, -0.15) is 0 Å². The zero-order valence-electron chi connectivity index (χ0n) is 29.8. The molecular weight excluding hydrogens is 659 g/mol. The van der Waals surface area contributed by atoms with Crippen molar-refractivity contribution in [1.82, 2.24) is 0 Å². The Morgan fingerprint density at radius 3 is 1.75 bits per heavy atom. The first-order valence-corrected chi connectivity index (χ1v) is 19.2. The van der Waals surface area contributed by atoms with Gasteiger partial charge in [-0.05, 0) is 92.5 Å². The predicted octanol–water partition coefficient (Wildman–Crippen LogP) is 14.8. The maximum absolute atomic E-state index is 2.47. The highest BCUT2D eigenvalue weighted by Crippen LogP contribution is 2.52. The number of hydrogen-bond acceptors (Lipinski definition) is 2. The molecule has 10 rings (SSSR count). The van der Waals surface area contributed by atoms with Crippen molar-refractivity contribution in [3.05, 3.63) is 199 Å². The van der Waals surface area contributed by atoms with Crippen molar-refractivity contribution in [2.75, 3.05) is 4.90 Å². The quantitative estimate of drug-likeness (QED) is 0.167. The number of thiophene rings is 1. The van der Waals surface area contributed by atoms with Crippen molar-refractivity contribution in [2.45, 2.75) is 19.3 Å². The van der Waals surface area contributed by atoms with Crippen LogP contribution in [0.2, 0.25) is 0 Å². The van der Waals surface area contributed by atoms with E-state index in [0.717, 1.165) is 17.1 Å². The highest BCUT2D eigenvalue weighted by molar-refractivity contribution is 7.25. The Morgan fingerprint density at radius 2 is 0.962 bits per heavy atom. The molecule has 0 spiro atoms. The minimum Gasteiger partial charge on any atom is -0.310 e. The Kier molecular flexibility index (Phi) is 7.42. The first kappa shape index (κ1) is 31.5. The summed E-state index contributed by atoms with van der Waals surface area (Å²) in [6.07, 6.45) is 0. The lowest BCUT2D eigenvalue weighted by molar-refractivity contribution is 0.660. The van der Waals surface area contributed by atoms with Crippen LogP contribution >= 0.6 is 11.3 Å². The highest BCUT2D eigenvalue weighted by atomic mass is 32.1. The number of nitrogens with zero attached hydrogens (tertiary/aromatic N) is 1. The fraction of sp³-hybridized carbons (Fsp3) is 0.0588. The first-order valence-electron chi connectivity index (χ1n) is 18.4. The van der Waals surface area contributed by atoms with Gasteiger partial charge in [0, 0.05) is 42.5 Å². The van der Waals surface area contributed by atoms with Gasteiger partial charge in [0.05, 0.1) is 5.69 Å². The molecule has 0 unspecified atom stereocenters. The largest absolute Gasteiger partial charge is 0.310 e. The van der Waals surface area contributed by atoms with E-state index < -0.39 is 0 Å². The van der Waals surface area contributed by atoms with Crippen LogP contribution < -0.4 is 4.90 Å². The number of hydrogen-bond donors (Lipinski definition) is 0. The first-order chi connectivity index (χ1) is 26.1. The summed E-state index contributed by atoms with van der Waals surface area (Å²) in [7, 11) is 0. The van der Waals surface area contributed by atoms with Crippen molar-refractivity contribution in [3.8, 4) is 44.5 Å². The van der Waals surface area contributed by atoms with Gasteiger partial charge in [-0.1, -0.05) is 159 Å². The molecule has 1 aliphatic rings. The minimum atomic E-state index is -0.112. The van der Waals surface area contributed by atoms with Crippen molar-refractivity contribution in [2.24, 2.45) is 0 Å². The maximum atomic E-state index is 2.47. The van der Waals surface area contributed by atoms with Crippen LogP contribution in [0.15, 0.2) is 188 Å². The minimum absolute atomic E-state index is 0.112. The van der Waals surface area contributed by atoms with Crippen molar-refractivity contribution >= 4 is 48.6 Å². The standard InChI is InChI=1S/C51H37NS/c1-51(2)45-23-11-8-19-40(45)41-32-31-37(33-46(41)51)52(36-29-27-35(28-30-36)39-18-7-6-17-38(39)34-15-4-3-5-16-34)47-24-12-9-20-42(47)43-22-14-26-49-50(43)44-21-10-13-25-48(44)53-49/h3-33H,1-2H3. The Hall–Kier alpha value is -6.22. The second-order valence-electron chi connectivity index (χ2n) is 14.5. The molecule has 252 valence electrons. The summed E-state index contributed by atoms with van der Waals surface area (Å²) >= 11 is 1.87. The summed E-state index contributed by atoms with van der Waals surface area (Å²) in [5, 5.41) is 2.63. The molecule has 2 heteroatoms. The van der Waals surface area contributed by atoms with E-state index in [2.05, 4.69) is 207 Å². The van der Waals surface area contributed by atoms with Crippen molar-refractivity contribution in [3.63, 3.8) is 0 Å². The second-order valence-corrected chi connectivity index (χ2v) is 15.6. The molecule has 1 heterocycles. The van der Waals surface area contributed by atoms with Gasteiger partial charge in [0.15, 0.2) is 0 Å². The molecule has 0 fully saturated rings. The van der Waals surface area contributed by atoms with Crippen LogP contribution in [0.3, 0.4) is 0 Å². The predicted molar refractivity (Wildman–Crippen MR) is 228 cm³/mol. The fourth-order valence-corrected chi connectivity index (χ4v) is 9.68. The van der Waals surface area contributed by atoms with E-state index in [-0.39, 0.29) is 5.41 Å². The molecule has 0 saturated carbocycles. The monoisotopic (exact) mass is 695 g/mol. The lowest BCUT2D eigenvalue weighted by Gasteiger charge is -2.30. The van der Waals surface area contributed by atoms with Gasteiger partial charge in [0.1, 0.15) is 0 Å². The normalized spacial score (nSPS) is 12.9. The SMILES string of the molecule is CC1(C)c2ccccc2-c2ccc(N(c3ccc(-c4ccccc4-c4ccccc4)cc3)c3ccccc3-c3cccc4sc5ccccc5c34)cc21. The Morgan fingerprint density at radius 1 is 0.396 bits per heavy atom. The van der Waals surface area contributed by atoms with E-state index >= 15 is 0 Å². The van der Waals surface area contributed by atoms with Gasteiger partial charge in [0.2, 0.25) is 0 Å². The summed E-state index contributed by atoms with van der Waals surface area (Å²) in [6, 6.07) is 69.0. The van der Waals surface area contributed by atoms with E-state index in [9.17, 15) is 0 Å². The summed E-state index contributed by atoms with van der Waals surface area (Å²) in [6.45, 7) is 4.72. The molecule has 0 N–H and O–H groups in total. The van der Waals surface area contributed by atoms with Crippen LogP contribution in [-0.4, -0.2) is 0 Å². The molecule has 1 aliphatic carbocycles. The average molecular weight is 696 g/mol. The molecule has 0 atom stereocenters. The molecule has 53 heavy (non-hydrogen) atoms. The van der Waals surface area contributed by atoms with E-state index in [1.54, 1.807) is 0 Å². The molecule has 0 aliphatic heterocycles. The Balaban J connectivity index is 1.17. The second kappa shape index (κ2) is 12.5. The molecular formula is C51H37NS. The van der Waals surface area contributed by atoms with Crippen LogP contribution in [0.25, 0.3) is 64.7 Å². The van der Waals surface area contributed by atoms with Gasteiger partial charge >= 0.3 is 0 Å². The number of fused-ring (bicyclic) bond motifs is 6. The van der Waals surface area contributed by atoms with E-state index in [4.69, 9.17) is 0 Å². The Bertz CT molecular complexity index is 2810. The molecule has 0 radical (unpaired) electrons. The summed E-state index contributed by atoms with van der Waals surface area (Å²) in [5.41, 5.74) is 16.1. The van der Waals surface area contributed by atoms with E-state index in [1.165, 1.54) is 75.8 Å². The lowest BCUT2D eigenvalue weighted by Crippen LogP contribution is -2.16. The lowest BCUT2D eigenvalue weighted by atomic mass is 9.82. The molecule has 8 aromatic carbocycles. The smallest absolute Gasteiger partial charge is 0.0540 e. The molecule has 1 aromatic heterocycles. The molecule has 0 bridgehead atoms. The van der Waals surface area contributed by atoms with E-state index in [1.807, 2.05) is 11.3 Å². The van der Waals surface area contributed by atoms with Crippen molar-refractivity contribution in [1.29, 1.82) is 0 Å². The average Bonchev–Trinajstić information content (AvgIpc) is 3.71. The van der Waals surface area contributed by atoms with Gasteiger partial charge in [-0.3, -0.25) is 0 Å². The van der Waals surface area contributed by atoms with Gasteiger partial charge < -0.3 is 4.90 Å². The summed E-state index contributed by atoms with van der Waals surface area (Å²) < 4.78 is 2.62. The maximum Gasteiger partial charge on any atom is 0.0540 e. The zero-order valence-corrected chi connectivity index (χ0v) is 30.6. The van der Waals surface area contributed by atoms with Crippen LogP contribution in [0.5, 0.6) is 0 Å². The van der Waals surface area contributed by atoms with E-state index in [0.29, 0.717) is 0 Å².